The second-order valence-electron chi connectivity index (χ2n) is 5.06. The fraction of sp³-hybridized carbons (Fsp3) is 0.250. The maximum Gasteiger partial charge on any atom is 0.141 e. The van der Waals surface area contributed by atoms with Crippen LogP contribution in [0.3, 0.4) is 0 Å². The third kappa shape index (κ3) is 2.27. The molecule has 112 valence electrons. The summed E-state index contributed by atoms with van der Waals surface area (Å²) in [7, 11) is 3.24. The monoisotopic (exact) mass is 296 g/mol. The van der Waals surface area contributed by atoms with E-state index in [1.54, 1.807) is 20.4 Å². The fourth-order valence-electron chi connectivity index (χ4n) is 2.66. The zero-order valence-electron chi connectivity index (χ0n) is 12.5. The van der Waals surface area contributed by atoms with Gasteiger partial charge in [-0.05, 0) is 11.1 Å². The third-order valence-corrected chi connectivity index (χ3v) is 3.83. The van der Waals surface area contributed by atoms with Crippen LogP contribution in [0.1, 0.15) is 16.7 Å². The Morgan fingerprint density at radius 3 is 2.45 bits per heavy atom. The van der Waals surface area contributed by atoms with Crippen LogP contribution < -0.4 is 20.1 Å². The Morgan fingerprint density at radius 1 is 1.18 bits per heavy atom. The van der Waals surface area contributed by atoms with Gasteiger partial charge in [0.15, 0.2) is 0 Å². The summed E-state index contributed by atoms with van der Waals surface area (Å²) in [5, 5.41) is 9.28. The lowest BCUT2D eigenvalue weighted by Crippen LogP contribution is -2.14. The van der Waals surface area contributed by atoms with Gasteiger partial charge in [0.05, 0.1) is 19.8 Å². The van der Waals surface area contributed by atoms with Gasteiger partial charge in [-0.1, -0.05) is 0 Å². The number of pyridine rings is 1. The van der Waals surface area contributed by atoms with Crippen LogP contribution in [0.4, 0.5) is 11.5 Å². The zero-order chi connectivity index (χ0) is 15.7. The van der Waals surface area contributed by atoms with E-state index in [1.165, 1.54) is 0 Å². The quantitative estimate of drug-likeness (QED) is 0.933. The molecule has 2 heterocycles. The van der Waals surface area contributed by atoms with E-state index in [-0.39, 0.29) is 5.82 Å². The van der Waals surface area contributed by atoms with E-state index in [0.717, 1.165) is 28.3 Å². The number of methoxy groups -OCH3 is 2. The number of nitrogen functional groups attached to an aromatic ring is 1. The number of nitrogens with two attached hydrogens (primary N) is 1. The van der Waals surface area contributed by atoms with Crippen molar-refractivity contribution in [2.75, 3.05) is 24.9 Å². The van der Waals surface area contributed by atoms with E-state index in [0.29, 0.717) is 18.7 Å². The lowest BCUT2D eigenvalue weighted by Gasteiger charge is -2.19. The molecule has 3 rings (SSSR count). The Hall–Kier alpha value is -2.94. The van der Waals surface area contributed by atoms with Crippen molar-refractivity contribution >= 4 is 11.5 Å². The summed E-state index contributed by atoms with van der Waals surface area (Å²) in [5.41, 5.74) is 9.18. The average Bonchev–Trinajstić information content (AvgIpc) is 2.98. The van der Waals surface area contributed by atoms with E-state index in [4.69, 9.17) is 15.2 Å². The van der Waals surface area contributed by atoms with Crippen molar-refractivity contribution in [3.8, 4) is 17.6 Å². The molecule has 1 aliphatic heterocycles. The maximum absolute atomic E-state index is 9.28. The van der Waals surface area contributed by atoms with Crippen molar-refractivity contribution in [2.45, 2.75) is 13.1 Å². The summed E-state index contributed by atoms with van der Waals surface area (Å²) < 4.78 is 10.6. The first-order chi connectivity index (χ1) is 10.7. The van der Waals surface area contributed by atoms with E-state index >= 15 is 0 Å². The normalized spacial score (nSPS) is 12.7. The van der Waals surface area contributed by atoms with Gasteiger partial charge in [-0.25, -0.2) is 4.98 Å². The topological polar surface area (TPSA) is 84.4 Å². The molecule has 0 bridgehead atoms. The van der Waals surface area contributed by atoms with Gasteiger partial charge in [-0.15, -0.1) is 0 Å². The molecular formula is C16H16N4O2. The molecular weight excluding hydrogens is 280 g/mol. The standard InChI is InChI=1S/C16H16N4O2/c1-21-12-3-11(4-13(5-12)22-2)20-8-10-7-19-16(18)14(6-17)15(10)9-20/h3-5,7H,8-9H2,1-2H3,(H2,18,19). The summed E-state index contributed by atoms with van der Waals surface area (Å²) in [6, 6.07) is 7.86. The molecule has 1 aromatic carbocycles. The number of fused-ring (bicyclic) bond motifs is 1. The minimum absolute atomic E-state index is 0.284. The Balaban J connectivity index is 1.98. The molecule has 0 unspecified atom stereocenters. The van der Waals surface area contributed by atoms with Gasteiger partial charge < -0.3 is 20.1 Å². The molecule has 6 nitrogen and oxygen atoms in total. The number of hydrogen-bond acceptors (Lipinski definition) is 6. The second-order valence-corrected chi connectivity index (χ2v) is 5.06. The molecule has 0 fully saturated rings. The highest BCUT2D eigenvalue weighted by Crippen LogP contribution is 2.35. The molecule has 0 aliphatic carbocycles. The SMILES string of the molecule is COc1cc(OC)cc(N2Cc3cnc(N)c(C#N)c3C2)c1. The number of aromatic nitrogens is 1. The van der Waals surface area contributed by atoms with E-state index < -0.39 is 0 Å². The molecule has 22 heavy (non-hydrogen) atoms. The van der Waals surface area contributed by atoms with Crippen LogP contribution in [0, 0.1) is 11.3 Å². The summed E-state index contributed by atoms with van der Waals surface area (Å²) in [4.78, 5) is 6.23. The van der Waals surface area contributed by atoms with Gasteiger partial charge in [0.25, 0.3) is 0 Å². The molecule has 0 spiro atoms. The van der Waals surface area contributed by atoms with Gasteiger partial charge in [-0.3, -0.25) is 0 Å². The first-order valence-electron chi connectivity index (χ1n) is 6.80. The first kappa shape index (κ1) is 14.0. The van der Waals surface area contributed by atoms with Crippen LogP contribution in [0.2, 0.25) is 0 Å². The third-order valence-electron chi connectivity index (χ3n) is 3.83. The number of hydrogen-bond donors (Lipinski definition) is 1. The Morgan fingerprint density at radius 2 is 1.86 bits per heavy atom. The number of benzene rings is 1. The number of ether oxygens (including phenoxy) is 2. The van der Waals surface area contributed by atoms with Crippen LogP contribution in [0.5, 0.6) is 11.5 Å². The van der Waals surface area contributed by atoms with E-state index in [2.05, 4.69) is 16.0 Å². The highest BCUT2D eigenvalue weighted by molar-refractivity contribution is 5.63. The number of nitriles is 1. The molecule has 2 aromatic rings. The largest absolute Gasteiger partial charge is 0.497 e. The molecule has 1 aliphatic rings. The average molecular weight is 296 g/mol. The van der Waals surface area contributed by atoms with Crippen LogP contribution in [-0.4, -0.2) is 19.2 Å². The van der Waals surface area contributed by atoms with Crippen molar-refractivity contribution in [1.82, 2.24) is 4.98 Å². The van der Waals surface area contributed by atoms with Gasteiger partial charge >= 0.3 is 0 Å². The molecule has 0 amide bonds. The maximum atomic E-state index is 9.28. The van der Waals surface area contributed by atoms with Crippen molar-refractivity contribution in [2.24, 2.45) is 0 Å². The van der Waals surface area contributed by atoms with Gasteiger partial charge in [-0.2, -0.15) is 5.26 Å². The van der Waals surface area contributed by atoms with Crippen LogP contribution in [0.15, 0.2) is 24.4 Å². The van der Waals surface area contributed by atoms with Crippen LogP contribution >= 0.6 is 0 Å². The molecule has 1 aromatic heterocycles. The number of rotatable bonds is 3. The fourth-order valence-corrected chi connectivity index (χ4v) is 2.66. The highest BCUT2D eigenvalue weighted by Gasteiger charge is 2.24. The second kappa shape index (κ2) is 5.45. The number of nitrogens with zero attached hydrogens (tertiary/aromatic N) is 3. The molecule has 2 N–H and O–H groups in total. The zero-order valence-corrected chi connectivity index (χ0v) is 12.5. The van der Waals surface area contributed by atoms with E-state index in [9.17, 15) is 5.26 Å². The number of anilines is 2. The molecule has 0 saturated carbocycles. The lowest BCUT2D eigenvalue weighted by atomic mass is 10.1. The predicted molar refractivity (Wildman–Crippen MR) is 82.8 cm³/mol. The van der Waals surface area contributed by atoms with Crippen molar-refractivity contribution < 1.29 is 9.47 Å². The smallest absolute Gasteiger partial charge is 0.141 e. The Labute approximate surface area is 128 Å². The Bertz CT molecular complexity index is 745. The summed E-state index contributed by atoms with van der Waals surface area (Å²) in [6.45, 7) is 1.29. The summed E-state index contributed by atoms with van der Waals surface area (Å²) >= 11 is 0. The highest BCUT2D eigenvalue weighted by atomic mass is 16.5. The van der Waals surface area contributed by atoms with Crippen LogP contribution in [0.25, 0.3) is 0 Å². The van der Waals surface area contributed by atoms with Gasteiger partial charge in [0.2, 0.25) is 0 Å². The van der Waals surface area contributed by atoms with Crippen molar-refractivity contribution in [3.63, 3.8) is 0 Å². The molecule has 0 radical (unpaired) electrons. The van der Waals surface area contributed by atoms with Crippen LogP contribution in [-0.2, 0) is 13.1 Å². The molecule has 6 heteroatoms. The minimum Gasteiger partial charge on any atom is -0.497 e. The Kier molecular flexibility index (Phi) is 3.47. The van der Waals surface area contributed by atoms with Crippen molar-refractivity contribution in [1.29, 1.82) is 5.26 Å². The summed E-state index contributed by atoms with van der Waals surface area (Å²) in [6.07, 6.45) is 1.74. The van der Waals surface area contributed by atoms with E-state index in [1.807, 2.05) is 18.2 Å². The van der Waals surface area contributed by atoms with Gasteiger partial charge in [0, 0.05) is 43.2 Å². The van der Waals surface area contributed by atoms with Gasteiger partial charge in [0.1, 0.15) is 23.4 Å². The minimum atomic E-state index is 0.284. The predicted octanol–water partition coefficient (Wildman–Crippen LogP) is 2.07. The molecule has 0 atom stereocenters. The van der Waals surface area contributed by atoms with Crippen molar-refractivity contribution in [3.05, 3.63) is 41.1 Å². The molecule has 0 saturated heterocycles. The lowest BCUT2D eigenvalue weighted by molar-refractivity contribution is 0.394. The first-order valence-corrected chi connectivity index (χ1v) is 6.80. The summed E-state index contributed by atoms with van der Waals surface area (Å²) in [5.74, 6) is 1.73.